The fraction of sp³-hybridized carbons (Fsp3) is 0.389. The Kier molecular flexibility index (Phi) is 6.07. The Hall–Kier alpha value is -3.47. The molecular weight excluding hydrogens is 382 g/mol. The number of hydrogen-bond donors (Lipinski definition) is 1. The number of amides is 1. The van der Waals surface area contributed by atoms with Crippen LogP contribution in [0.25, 0.3) is 0 Å². The molecule has 1 aliphatic heterocycles. The number of nitrogens with zero attached hydrogens (tertiary/aromatic N) is 4. The summed E-state index contributed by atoms with van der Waals surface area (Å²) in [6, 6.07) is 4.28. The van der Waals surface area contributed by atoms with E-state index in [0.29, 0.717) is 32.0 Å². The van der Waals surface area contributed by atoms with E-state index in [1.54, 1.807) is 20.0 Å². The fourth-order valence-electron chi connectivity index (χ4n) is 3.01. The van der Waals surface area contributed by atoms with Gasteiger partial charge in [0.2, 0.25) is 0 Å². The van der Waals surface area contributed by atoms with Crippen LogP contribution in [0.2, 0.25) is 0 Å². The molecule has 1 N–H and O–H groups in total. The van der Waals surface area contributed by atoms with Gasteiger partial charge in [-0.1, -0.05) is 0 Å². The lowest BCUT2D eigenvalue weighted by Gasteiger charge is -2.28. The third kappa shape index (κ3) is 4.35. The molecule has 2 aromatic rings. The smallest absolute Gasteiger partial charge is 0.343 e. The molecule has 1 aliphatic rings. The number of aryl methyl sites for hydroxylation is 1. The number of aromatic nitrogens is 2. The van der Waals surface area contributed by atoms with Crippen molar-refractivity contribution >= 4 is 29.1 Å². The van der Waals surface area contributed by atoms with Crippen molar-refractivity contribution in [3.8, 4) is 0 Å². The average Bonchev–Trinajstić information content (AvgIpc) is 3.08. The number of benzene rings is 1. The summed E-state index contributed by atoms with van der Waals surface area (Å²) in [7, 11) is 1.56. The van der Waals surface area contributed by atoms with Gasteiger partial charge in [-0.05, 0) is 19.1 Å². The minimum Gasteiger partial charge on any atom is -0.462 e. The standard InChI is InChI=1S/C18H21N5O6/c1-3-29-18(25)13-11-19-21(2)16(13)20-17(24)12-4-5-14(15(10-12)23(26)27)22-6-8-28-9-7-22/h4-5,10-11H,3,6-9H2,1-2H3,(H,20,24). The summed E-state index contributed by atoms with van der Waals surface area (Å²) >= 11 is 0. The molecule has 11 heteroatoms. The summed E-state index contributed by atoms with van der Waals surface area (Å²) in [5.41, 5.74) is 0.449. The number of nitro benzene ring substituents is 1. The first-order chi connectivity index (χ1) is 13.9. The normalized spacial score (nSPS) is 13.8. The minimum atomic E-state index is -0.621. The molecule has 0 radical (unpaired) electrons. The molecule has 3 rings (SSSR count). The molecular formula is C18H21N5O6. The van der Waals surface area contributed by atoms with Crippen LogP contribution in [0.5, 0.6) is 0 Å². The Morgan fingerprint density at radius 3 is 2.72 bits per heavy atom. The molecule has 1 aromatic heterocycles. The van der Waals surface area contributed by atoms with Gasteiger partial charge in [-0.15, -0.1) is 0 Å². The zero-order chi connectivity index (χ0) is 21.0. The Balaban J connectivity index is 1.87. The second kappa shape index (κ2) is 8.69. The molecule has 0 spiro atoms. The fourth-order valence-corrected chi connectivity index (χ4v) is 3.01. The summed E-state index contributed by atoms with van der Waals surface area (Å²) < 4.78 is 11.6. The highest BCUT2D eigenvalue weighted by Crippen LogP contribution is 2.30. The van der Waals surface area contributed by atoms with Gasteiger partial charge in [-0.25, -0.2) is 4.79 Å². The summed E-state index contributed by atoms with van der Waals surface area (Å²) in [4.78, 5) is 37.6. The molecule has 154 valence electrons. The van der Waals surface area contributed by atoms with Crippen LogP contribution < -0.4 is 10.2 Å². The second-order valence-electron chi connectivity index (χ2n) is 6.27. The van der Waals surface area contributed by atoms with E-state index >= 15 is 0 Å². The number of carbonyl (C=O) groups excluding carboxylic acids is 2. The number of morpholine rings is 1. The van der Waals surface area contributed by atoms with Crippen LogP contribution in [-0.4, -0.2) is 59.5 Å². The Bertz CT molecular complexity index is 935. The largest absolute Gasteiger partial charge is 0.462 e. The lowest BCUT2D eigenvalue weighted by Crippen LogP contribution is -2.36. The zero-order valence-corrected chi connectivity index (χ0v) is 16.1. The minimum absolute atomic E-state index is 0.0877. The van der Waals surface area contributed by atoms with Gasteiger partial charge in [0.15, 0.2) is 0 Å². The summed E-state index contributed by atoms with van der Waals surface area (Å²) in [6.07, 6.45) is 1.29. The molecule has 0 bridgehead atoms. The van der Waals surface area contributed by atoms with E-state index in [9.17, 15) is 19.7 Å². The van der Waals surface area contributed by atoms with Gasteiger partial charge in [0.1, 0.15) is 17.1 Å². The van der Waals surface area contributed by atoms with E-state index in [4.69, 9.17) is 9.47 Å². The van der Waals surface area contributed by atoms with Crippen LogP contribution >= 0.6 is 0 Å². The van der Waals surface area contributed by atoms with Crippen LogP contribution in [0.1, 0.15) is 27.6 Å². The number of hydrogen-bond acceptors (Lipinski definition) is 8. The third-order valence-corrected chi connectivity index (χ3v) is 4.45. The van der Waals surface area contributed by atoms with Crippen molar-refractivity contribution in [2.24, 2.45) is 7.05 Å². The Morgan fingerprint density at radius 1 is 1.34 bits per heavy atom. The number of ether oxygens (including phenoxy) is 2. The highest BCUT2D eigenvalue weighted by atomic mass is 16.6. The number of anilines is 2. The van der Waals surface area contributed by atoms with E-state index in [-0.39, 0.29) is 29.2 Å². The zero-order valence-electron chi connectivity index (χ0n) is 16.1. The molecule has 0 aliphatic carbocycles. The lowest BCUT2D eigenvalue weighted by atomic mass is 10.1. The van der Waals surface area contributed by atoms with Crippen LogP contribution in [0.3, 0.4) is 0 Å². The molecule has 29 heavy (non-hydrogen) atoms. The predicted octanol–water partition coefficient (Wildman–Crippen LogP) is 1.59. The van der Waals surface area contributed by atoms with E-state index in [1.165, 1.54) is 23.0 Å². The SMILES string of the molecule is CCOC(=O)c1cnn(C)c1NC(=O)c1ccc(N2CCOCC2)c([N+](=O)[O-])c1. The molecule has 0 atom stereocenters. The number of rotatable bonds is 6. The summed E-state index contributed by atoms with van der Waals surface area (Å²) in [5, 5.41) is 18.1. The number of nitrogens with one attached hydrogen (secondary N) is 1. The number of nitro groups is 1. The van der Waals surface area contributed by atoms with Crippen LogP contribution in [-0.2, 0) is 16.5 Å². The van der Waals surface area contributed by atoms with Gasteiger partial charge in [-0.3, -0.25) is 19.6 Å². The molecule has 0 unspecified atom stereocenters. The van der Waals surface area contributed by atoms with Crippen LogP contribution in [0, 0.1) is 10.1 Å². The Morgan fingerprint density at radius 2 is 2.07 bits per heavy atom. The number of carbonyl (C=O) groups is 2. The first-order valence-electron chi connectivity index (χ1n) is 9.04. The van der Waals surface area contributed by atoms with Crippen LogP contribution in [0.4, 0.5) is 17.2 Å². The van der Waals surface area contributed by atoms with Gasteiger partial charge in [-0.2, -0.15) is 5.10 Å². The highest BCUT2D eigenvalue weighted by Gasteiger charge is 2.25. The molecule has 1 amide bonds. The van der Waals surface area contributed by atoms with Gasteiger partial charge >= 0.3 is 5.97 Å². The van der Waals surface area contributed by atoms with Crippen molar-refractivity contribution in [2.75, 3.05) is 43.1 Å². The van der Waals surface area contributed by atoms with Crippen molar-refractivity contribution in [1.82, 2.24) is 9.78 Å². The van der Waals surface area contributed by atoms with Crippen LogP contribution in [0.15, 0.2) is 24.4 Å². The topological polar surface area (TPSA) is 129 Å². The van der Waals surface area contributed by atoms with E-state index in [0.717, 1.165) is 0 Å². The maximum absolute atomic E-state index is 12.7. The molecule has 2 heterocycles. The molecule has 11 nitrogen and oxygen atoms in total. The van der Waals surface area contributed by atoms with Gasteiger partial charge in [0.25, 0.3) is 11.6 Å². The molecule has 1 fully saturated rings. The predicted molar refractivity (Wildman–Crippen MR) is 103 cm³/mol. The summed E-state index contributed by atoms with van der Waals surface area (Å²) in [6.45, 7) is 3.87. The van der Waals surface area contributed by atoms with Crippen molar-refractivity contribution < 1.29 is 24.0 Å². The second-order valence-corrected chi connectivity index (χ2v) is 6.27. The van der Waals surface area contributed by atoms with E-state index < -0.39 is 16.8 Å². The molecule has 0 saturated carbocycles. The average molecular weight is 403 g/mol. The van der Waals surface area contributed by atoms with Gasteiger partial charge < -0.3 is 19.7 Å². The van der Waals surface area contributed by atoms with Gasteiger partial charge in [0.05, 0.1) is 30.9 Å². The van der Waals surface area contributed by atoms with E-state index in [1.807, 2.05) is 4.90 Å². The number of esters is 1. The quantitative estimate of drug-likeness (QED) is 0.437. The third-order valence-electron chi connectivity index (χ3n) is 4.45. The van der Waals surface area contributed by atoms with Gasteiger partial charge in [0, 0.05) is 31.8 Å². The maximum atomic E-state index is 12.7. The lowest BCUT2D eigenvalue weighted by molar-refractivity contribution is -0.384. The monoisotopic (exact) mass is 403 g/mol. The van der Waals surface area contributed by atoms with Crippen molar-refractivity contribution in [3.05, 3.63) is 45.6 Å². The van der Waals surface area contributed by atoms with Crippen molar-refractivity contribution in [3.63, 3.8) is 0 Å². The Labute approximate surface area is 166 Å². The highest BCUT2D eigenvalue weighted by molar-refractivity contribution is 6.07. The molecule has 1 saturated heterocycles. The summed E-state index contributed by atoms with van der Waals surface area (Å²) in [5.74, 6) is -1.08. The van der Waals surface area contributed by atoms with Crippen molar-refractivity contribution in [1.29, 1.82) is 0 Å². The first-order valence-corrected chi connectivity index (χ1v) is 9.04. The molecule has 1 aromatic carbocycles. The van der Waals surface area contributed by atoms with Crippen molar-refractivity contribution in [2.45, 2.75) is 6.92 Å². The van der Waals surface area contributed by atoms with E-state index in [2.05, 4.69) is 10.4 Å². The first kappa shape index (κ1) is 20.3. The maximum Gasteiger partial charge on any atom is 0.343 e.